The summed E-state index contributed by atoms with van der Waals surface area (Å²) in [7, 11) is 0. The highest BCUT2D eigenvalue weighted by Gasteiger charge is 2.31. The Hall–Kier alpha value is -3.19. The van der Waals surface area contributed by atoms with Crippen LogP contribution in [0.15, 0.2) is 51.7 Å². The van der Waals surface area contributed by atoms with E-state index in [0.29, 0.717) is 33.4 Å². The highest BCUT2D eigenvalue weighted by molar-refractivity contribution is 6.26. The van der Waals surface area contributed by atoms with Crippen LogP contribution in [0.25, 0.3) is 22.1 Å². The summed E-state index contributed by atoms with van der Waals surface area (Å²) in [6.45, 7) is 0. The van der Waals surface area contributed by atoms with Crippen LogP contribution < -0.4 is 5.63 Å². The van der Waals surface area contributed by atoms with Gasteiger partial charge in [0.2, 0.25) is 0 Å². The fourth-order valence-corrected chi connectivity index (χ4v) is 2.75. The summed E-state index contributed by atoms with van der Waals surface area (Å²) in [5, 5.41) is 9.71. The molecule has 1 heterocycles. The Bertz CT molecular complexity index is 1040. The molecule has 4 rings (SSSR count). The highest BCUT2D eigenvalue weighted by atomic mass is 16.4. The van der Waals surface area contributed by atoms with Crippen LogP contribution in [-0.2, 0) is 0 Å². The minimum atomic E-state index is -0.537. The Morgan fingerprint density at radius 2 is 1.71 bits per heavy atom. The summed E-state index contributed by atoms with van der Waals surface area (Å²) < 4.78 is 5.34. The number of rotatable bonds is 0. The van der Waals surface area contributed by atoms with Gasteiger partial charge in [0.25, 0.3) is 0 Å². The average molecular weight is 273 g/mol. The molecule has 0 N–H and O–H groups in total. The minimum absolute atomic E-state index is 0.154. The fourth-order valence-electron chi connectivity index (χ4n) is 2.75. The summed E-state index contributed by atoms with van der Waals surface area (Å²) in [5.74, 6) is 0.164. The smallest absolute Gasteiger partial charge is 0.344 e. The van der Waals surface area contributed by atoms with Crippen molar-refractivity contribution >= 4 is 16.6 Å². The normalized spacial score (nSPS) is 12.0. The lowest BCUT2D eigenvalue weighted by atomic mass is 10.0. The van der Waals surface area contributed by atoms with Crippen molar-refractivity contribution in [3.05, 3.63) is 69.6 Å². The number of carbonyl (C=O) groups excluding carboxylic acids is 1. The van der Waals surface area contributed by atoms with Crippen LogP contribution in [-0.4, -0.2) is 5.78 Å². The van der Waals surface area contributed by atoms with Gasteiger partial charge in [-0.2, -0.15) is 5.26 Å². The molecule has 4 nitrogen and oxygen atoms in total. The van der Waals surface area contributed by atoms with E-state index in [4.69, 9.17) is 9.68 Å². The van der Waals surface area contributed by atoms with Crippen LogP contribution in [0.3, 0.4) is 0 Å². The van der Waals surface area contributed by atoms with Gasteiger partial charge in [-0.15, -0.1) is 0 Å². The van der Waals surface area contributed by atoms with Crippen molar-refractivity contribution < 1.29 is 9.21 Å². The van der Waals surface area contributed by atoms with Gasteiger partial charge in [0.05, 0.1) is 22.6 Å². The second-order valence-corrected chi connectivity index (χ2v) is 4.84. The second kappa shape index (κ2) is 3.90. The number of nitrogens with zero attached hydrogens (tertiary/aromatic N) is 1. The minimum Gasteiger partial charge on any atom is -0.421 e. The zero-order valence-electron chi connectivity index (χ0n) is 10.7. The third kappa shape index (κ3) is 1.43. The Kier molecular flexibility index (Phi) is 2.16. The van der Waals surface area contributed by atoms with Gasteiger partial charge in [-0.05, 0) is 12.1 Å². The topological polar surface area (TPSA) is 71.1 Å². The van der Waals surface area contributed by atoms with Crippen LogP contribution in [0, 0.1) is 11.3 Å². The number of hydrogen-bond acceptors (Lipinski definition) is 4. The Balaban J connectivity index is 2.19. The zero-order valence-corrected chi connectivity index (χ0v) is 10.7. The summed E-state index contributed by atoms with van der Waals surface area (Å²) in [5.41, 5.74) is 1.40. The average Bonchev–Trinajstić information content (AvgIpc) is 2.81. The van der Waals surface area contributed by atoms with Gasteiger partial charge < -0.3 is 4.42 Å². The molecule has 1 aromatic heterocycles. The molecule has 0 atom stereocenters. The molecule has 21 heavy (non-hydrogen) atoms. The molecule has 3 aromatic rings. The standard InChI is InChI=1S/C17H7NO3/c18-8-9-5-6-10-13(7-9)17(20)21-16-12-4-2-1-3-11(12)15(19)14(10)16/h1-7H. The van der Waals surface area contributed by atoms with Crippen molar-refractivity contribution in [1.82, 2.24) is 0 Å². The van der Waals surface area contributed by atoms with Crippen LogP contribution in [0.2, 0.25) is 0 Å². The Labute approximate surface area is 118 Å². The maximum atomic E-state index is 12.5. The molecule has 1 aliphatic carbocycles. The quantitative estimate of drug-likeness (QED) is 0.494. The fraction of sp³-hybridized carbons (Fsp3) is 0. The maximum Gasteiger partial charge on any atom is 0.344 e. The molecule has 0 unspecified atom stereocenters. The van der Waals surface area contributed by atoms with E-state index >= 15 is 0 Å². The first-order valence-electron chi connectivity index (χ1n) is 6.36. The van der Waals surface area contributed by atoms with Gasteiger partial charge in [-0.25, -0.2) is 4.79 Å². The Morgan fingerprint density at radius 1 is 0.952 bits per heavy atom. The SMILES string of the molecule is N#Cc1ccc2c3c(oc(=O)c2c1)-c1ccccc1C3=O. The predicted molar refractivity (Wildman–Crippen MR) is 76.1 cm³/mol. The summed E-state index contributed by atoms with van der Waals surface area (Å²) in [6, 6.07) is 13.7. The largest absolute Gasteiger partial charge is 0.421 e. The van der Waals surface area contributed by atoms with Gasteiger partial charge in [0.15, 0.2) is 11.5 Å². The molecule has 0 saturated carbocycles. The molecule has 0 amide bonds. The highest BCUT2D eigenvalue weighted by Crippen LogP contribution is 2.38. The van der Waals surface area contributed by atoms with Crippen LogP contribution in [0.5, 0.6) is 0 Å². The van der Waals surface area contributed by atoms with Gasteiger partial charge >= 0.3 is 5.63 Å². The molecule has 98 valence electrons. The van der Waals surface area contributed by atoms with Gasteiger partial charge in [0, 0.05) is 16.5 Å². The Morgan fingerprint density at radius 3 is 2.48 bits per heavy atom. The number of fused-ring (bicyclic) bond motifs is 5. The molecule has 0 spiro atoms. The summed E-state index contributed by atoms with van der Waals surface area (Å²) >= 11 is 0. The summed E-state index contributed by atoms with van der Waals surface area (Å²) in [6.07, 6.45) is 0. The van der Waals surface area contributed by atoms with Crippen molar-refractivity contribution in [3.8, 4) is 17.4 Å². The molecule has 0 fully saturated rings. The first-order chi connectivity index (χ1) is 10.2. The van der Waals surface area contributed by atoms with Crippen LogP contribution >= 0.6 is 0 Å². The van der Waals surface area contributed by atoms with Crippen molar-refractivity contribution in [2.75, 3.05) is 0 Å². The monoisotopic (exact) mass is 273 g/mol. The van der Waals surface area contributed by atoms with Crippen LogP contribution in [0.4, 0.5) is 0 Å². The molecular formula is C17H7NO3. The van der Waals surface area contributed by atoms with E-state index < -0.39 is 5.63 Å². The predicted octanol–water partition coefficient (Wildman–Crippen LogP) is 2.88. The third-order valence-corrected chi connectivity index (χ3v) is 3.70. The molecule has 0 saturated heterocycles. The van der Waals surface area contributed by atoms with E-state index in [1.54, 1.807) is 36.4 Å². The first kappa shape index (κ1) is 11.6. The number of ketones is 1. The van der Waals surface area contributed by atoms with E-state index in [-0.39, 0.29) is 11.2 Å². The molecule has 2 aromatic carbocycles. The van der Waals surface area contributed by atoms with E-state index in [0.717, 1.165) is 0 Å². The van der Waals surface area contributed by atoms with Crippen LogP contribution in [0.1, 0.15) is 21.5 Å². The van der Waals surface area contributed by atoms with Gasteiger partial charge in [0.1, 0.15) is 0 Å². The molecule has 0 aliphatic heterocycles. The molecule has 0 bridgehead atoms. The third-order valence-electron chi connectivity index (χ3n) is 3.70. The lowest BCUT2D eigenvalue weighted by Crippen LogP contribution is -2.05. The molecular weight excluding hydrogens is 266 g/mol. The molecule has 1 aliphatic rings. The summed E-state index contributed by atoms with van der Waals surface area (Å²) in [4.78, 5) is 24.7. The zero-order chi connectivity index (χ0) is 14.6. The lowest BCUT2D eigenvalue weighted by Gasteiger charge is -2.03. The van der Waals surface area contributed by atoms with Gasteiger partial charge in [-0.1, -0.05) is 30.3 Å². The van der Waals surface area contributed by atoms with Gasteiger partial charge in [-0.3, -0.25) is 4.79 Å². The second-order valence-electron chi connectivity index (χ2n) is 4.84. The maximum absolute atomic E-state index is 12.5. The van der Waals surface area contributed by atoms with E-state index in [2.05, 4.69) is 0 Å². The van der Waals surface area contributed by atoms with Crippen molar-refractivity contribution in [2.24, 2.45) is 0 Å². The van der Waals surface area contributed by atoms with E-state index in [9.17, 15) is 9.59 Å². The molecule has 4 heteroatoms. The van der Waals surface area contributed by atoms with Crippen molar-refractivity contribution in [3.63, 3.8) is 0 Å². The van der Waals surface area contributed by atoms with E-state index in [1.165, 1.54) is 6.07 Å². The van der Waals surface area contributed by atoms with Crippen molar-refractivity contribution in [1.29, 1.82) is 5.26 Å². The number of hydrogen-bond donors (Lipinski definition) is 0. The van der Waals surface area contributed by atoms with Crippen molar-refractivity contribution in [2.45, 2.75) is 0 Å². The lowest BCUT2D eigenvalue weighted by molar-refractivity contribution is 0.104. The van der Waals surface area contributed by atoms with E-state index in [1.807, 2.05) is 6.07 Å². The number of benzene rings is 2. The number of carbonyl (C=O) groups is 1. The number of nitriles is 1. The molecule has 0 radical (unpaired) electrons. The first-order valence-corrected chi connectivity index (χ1v) is 6.36.